The highest BCUT2D eigenvalue weighted by atomic mass is 16.2. The number of para-hydroxylation sites is 1. The number of aromatic nitrogens is 2. The van der Waals surface area contributed by atoms with Crippen molar-refractivity contribution < 1.29 is 4.79 Å². The lowest BCUT2D eigenvalue weighted by molar-refractivity contribution is -0.131. The van der Waals surface area contributed by atoms with Crippen LogP contribution in [0, 0.1) is 0 Å². The lowest BCUT2D eigenvalue weighted by Crippen LogP contribution is -2.34. The van der Waals surface area contributed by atoms with Crippen molar-refractivity contribution in [2.75, 3.05) is 25.5 Å². The number of amides is 1. The van der Waals surface area contributed by atoms with Crippen molar-refractivity contribution in [2.24, 2.45) is 0 Å². The Balaban J connectivity index is 1.73. The number of hydrogen-bond donors (Lipinski definition) is 1. The lowest BCUT2D eigenvalue weighted by atomic mass is 10.1. The Morgan fingerprint density at radius 3 is 2.38 bits per heavy atom. The van der Waals surface area contributed by atoms with E-state index in [9.17, 15) is 14.4 Å². The molecule has 0 aliphatic carbocycles. The molecule has 0 radical (unpaired) electrons. The van der Waals surface area contributed by atoms with Crippen molar-refractivity contribution >= 4 is 22.5 Å². The van der Waals surface area contributed by atoms with E-state index in [1.54, 1.807) is 29.2 Å². The van der Waals surface area contributed by atoms with Gasteiger partial charge in [-0.05, 0) is 36.8 Å². The topological polar surface area (TPSA) is 78.4 Å². The molecule has 2 aromatic carbocycles. The summed E-state index contributed by atoms with van der Waals surface area (Å²) < 4.78 is 1.45. The summed E-state index contributed by atoms with van der Waals surface area (Å²) in [6.07, 6.45) is 0.180. The normalized spacial score (nSPS) is 10.9. The maximum atomic E-state index is 12.8. The third-order valence-corrected chi connectivity index (χ3v) is 5.01. The van der Waals surface area contributed by atoms with Crippen LogP contribution in [0.15, 0.2) is 58.1 Å². The number of aryl methyl sites for hydroxylation is 1. The molecule has 1 aromatic heterocycles. The monoisotopic (exact) mass is 394 g/mol. The highest BCUT2D eigenvalue weighted by molar-refractivity contribution is 5.79. The third-order valence-electron chi connectivity index (χ3n) is 5.01. The molecule has 0 atom stereocenters. The second-order valence-electron chi connectivity index (χ2n) is 7.15. The Kier molecular flexibility index (Phi) is 6.16. The van der Waals surface area contributed by atoms with Crippen LogP contribution in [0.1, 0.15) is 18.9 Å². The number of benzene rings is 2. The molecule has 0 saturated carbocycles. The zero-order valence-corrected chi connectivity index (χ0v) is 17.0. The second-order valence-corrected chi connectivity index (χ2v) is 7.15. The lowest BCUT2D eigenvalue weighted by Gasteiger charge is -2.22. The molecule has 0 saturated heterocycles. The van der Waals surface area contributed by atoms with Gasteiger partial charge >= 0.3 is 5.69 Å². The standard InChI is InChI=1S/C22H26N4O3/c1-4-25(15-16-9-11-17(12-10-16)24(2)3)20(27)13-14-26-19-8-6-5-7-18(19)21(28)23-22(26)29/h5-12H,4,13-15H2,1-3H3,(H,23,28,29). The molecule has 152 valence electrons. The Morgan fingerprint density at radius 2 is 1.72 bits per heavy atom. The molecule has 1 amide bonds. The number of rotatable bonds is 7. The number of fused-ring (bicyclic) bond motifs is 1. The van der Waals surface area contributed by atoms with Crippen LogP contribution >= 0.6 is 0 Å². The quantitative estimate of drug-likeness (QED) is 0.666. The van der Waals surface area contributed by atoms with Gasteiger partial charge in [-0.15, -0.1) is 0 Å². The SMILES string of the molecule is CCN(Cc1ccc(N(C)C)cc1)C(=O)CCn1c(=O)[nH]c(=O)c2ccccc21. The van der Waals surface area contributed by atoms with Gasteiger partial charge in [0.1, 0.15) is 0 Å². The van der Waals surface area contributed by atoms with Crippen LogP contribution in [-0.4, -0.2) is 41.0 Å². The summed E-state index contributed by atoms with van der Waals surface area (Å²) in [4.78, 5) is 43.1. The predicted molar refractivity (Wildman–Crippen MR) is 115 cm³/mol. The zero-order valence-electron chi connectivity index (χ0n) is 17.0. The van der Waals surface area contributed by atoms with E-state index < -0.39 is 11.2 Å². The van der Waals surface area contributed by atoms with Crippen molar-refractivity contribution in [2.45, 2.75) is 26.4 Å². The fourth-order valence-corrected chi connectivity index (χ4v) is 3.33. The smallest absolute Gasteiger partial charge is 0.328 e. The fraction of sp³-hybridized carbons (Fsp3) is 0.318. The van der Waals surface area contributed by atoms with Gasteiger partial charge in [0.05, 0.1) is 10.9 Å². The largest absolute Gasteiger partial charge is 0.378 e. The third kappa shape index (κ3) is 4.56. The fourth-order valence-electron chi connectivity index (χ4n) is 3.33. The molecule has 0 bridgehead atoms. The first-order chi connectivity index (χ1) is 13.9. The van der Waals surface area contributed by atoms with Crippen molar-refractivity contribution in [3.05, 3.63) is 74.9 Å². The molecule has 29 heavy (non-hydrogen) atoms. The Hall–Kier alpha value is -3.35. The van der Waals surface area contributed by atoms with Gasteiger partial charge in [0, 0.05) is 45.8 Å². The first-order valence-electron chi connectivity index (χ1n) is 9.66. The van der Waals surface area contributed by atoms with Crippen LogP contribution in [0.3, 0.4) is 0 Å². The average molecular weight is 394 g/mol. The highest BCUT2D eigenvalue weighted by Gasteiger charge is 2.14. The molecule has 0 aliphatic rings. The van der Waals surface area contributed by atoms with Gasteiger partial charge in [0.15, 0.2) is 0 Å². The van der Waals surface area contributed by atoms with E-state index in [2.05, 4.69) is 4.98 Å². The predicted octanol–water partition coefficient (Wildman–Crippen LogP) is 2.19. The van der Waals surface area contributed by atoms with E-state index >= 15 is 0 Å². The number of aromatic amines is 1. The summed E-state index contributed by atoms with van der Waals surface area (Å²) in [6, 6.07) is 15.0. The molecular weight excluding hydrogens is 368 g/mol. The van der Waals surface area contributed by atoms with Crippen LogP contribution in [0.5, 0.6) is 0 Å². The highest BCUT2D eigenvalue weighted by Crippen LogP contribution is 2.14. The van der Waals surface area contributed by atoms with Crippen LogP contribution in [-0.2, 0) is 17.9 Å². The van der Waals surface area contributed by atoms with E-state index in [0.29, 0.717) is 24.0 Å². The minimum atomic E-state index is -0.496. The zero-order chi connectivity index (χ0) is 21.0. The number of nitrogens with zero attached hydrogens (tertiary/aromatic N) is 3. The molecule has 0 spiro atoms. The molecule has 0 unspecified atom stereocenters. The summed E-state index contributed by atoms with van der Waals surface area (Å²) >= 11 is 0. The number of anilines is 1. The Morgan fingerprint density at radius 1 is 1.03 bits per heavy atom. The van der Waals surface area contributed by atoms with Gasteiger partial charge in [-0.25, -0.2) is 4.79 Å². The van der Waals surface area contributed by atoms with Crippen LogP contribution in [0.25, 0.3) is 10.9 Å². The molecule has 0 fully saturated rings. The Bertz CT molecular complexity index is 1110. The van der Waals surface area contributed by atoms with E-state index in [0.717, 1.165) is 11.3 Å². The maximum absolute atomic E-state index is 12.8. The van der Waals surface area contributed by atoms with Crippen LogP contribution in [0.2, 0.25) is 0 Å². The molecule has 7 nitrogen and oxygen atoms in total. The van der Waals surface area contributed by atoms with E-state index in [-0.39, 0.29) is 18.9 Å². The second kappa shape index (κ2) is 8.77. The molecule has 3 rings (SSSR count). The molecule has 3 aromatic rings. The minimum Gasteiger partial charge on any atom is -0.378 e. The van der Waals surface area contributed by atoms with Gasteiger partial charge in [-0.3, -0.25) is 19.1 Å². The number of hydrogen-bond acceptors (Lipinski definition) is 4. The Labute approximate surface area is 169 Å². The van der Waals surface area contributed by atoms with Gasteiger partial charge in [-0.2, -0.15) is 0 Å². The number of nitrogens with one attached hydrogen (secondary N) is 1. The summed E-state index contributed by atoms with van der Waals surface area (Å²) in [5.41, 5.74) is 1.79. The van der Waals surface area contributed by atoms with Crippen molar-refractivity contribution in [1.29, 1.82) is 0 Å². The van der Waals surface area contributed by atoms with Crippen molar-refractivity contribution in [3.63, 3.8) is 0 Å². The number of carbonyl (C=O) groups excluding carboxylic acids is 1. The first-order valence-corrected chi connectivity index (χ1v) is 9.66. The van der Waals surface area contributed by atoms with Crippen molar-refractivity contribution in [1.82, 2.24) is 14.5 Å². The molecule has 0 aliphatic heterocycles. The van der Waals surface area contributed by atoms with Crippen molar-refractivity contribution in [3.8, 4) is 0 Å². The number of carbonyl (C=O) groups is 1. The van der Waals surface area contributed by atoms with E-state index in [1.165, 1.54) is 4.57 Å². The van der Waals surface area contributed by atoms with Crippen LogP contribution in [0.4, 0.5) is 5.69 Å². The summed E-state index contributed by atoms with van der Waals surface area (Å²) in [5.74, 6) is -0.0358. The van der Waals surface area contributed by atoms with E-state index in [1.807, 2.05) is 50.2 Å². The van der Waals surface area contributed by atoms with Gasteiger partial charge in [-0.1, -0.05) is 24.3 Å². The average Bonchev–Trinajstić information content (AvgIpc) is 2.72. The van der Waals surface area contributed by atoms with E-state index in [4.69, 9.17) is 0 Å². The minimum absolute atomic E-state index is 0.0358. The summed E-state index contributed by atoms with van der Waals surface area (Å²) in [6.45, 7) is 3.25. The van der Waals surface area contributed by atoms with Crippen LogP contribution < -0.4 is 16.1 Å². The van der Waals surface area contributed by atoms with Gasteiger partial charge in [0.25, 0.3) is 5.56 Å². The summed E-state index contributed by atoms with van der Waals surface area (Å²) in [5, 5.41) is 0.438. The van der Waals surface area contributed by atoms with Gasteiger partial charge < -0.3 is 9.80 Å². The molecule has 7 heteroatoms. The maximum Gasteiger partial charge on any atom is 0.328 e. The molecular formula is C22H26N4O3. The molecule has 1 N–H and O–H groups in total. The summed E-state index contributed by atoms with van der Waals surface area (Å²) in [7, 11) is 3.97. The van der Waals surface area contributed by atoms with Gasteiger partial charge in [0.2, 0.25) is 5.91 Å². The first kappa shape index (κ1) is 20.4. The number of H-pyrrole nitrogens is 1. The molecule has 1 heterocycles.